The quantitative estimate of drug-likeness (QED) is 0.541. The summed E-state index contributed by atoms with van der Waals surface area (Å²) in [4.78, 5) is 23.2. The van der Waals surface area contributed by atoms with E-state index in [0.717, 1.165) is 4.90 Å². The van der Waals surface area contributed by atoms with Gasteiger partial charge in [0.2, 0.25) is 0 Å². The highest BCUT2D eigenvalue weighted by Crippen LogP contribution is 2.05. The highest BCUT2D eigenvalue weighted by molar-refractivity contribution is 6.03. The molecule has 3 amide bonds. The van der Waals surface area contributed by atoms with Gasteiger partial charge in [0, 0.05) is 0 Å². The number of carbonyl (C=O) groups excluding carboxylic acids is 2. The Kier molecular flexibility index (Phi) is 2.32. The monoisotopic (exact) mass is 172 g/mol. The molecule has 0 radical (unpaired) electrons. The Morgan fingerprint density at radius 1 is 1.67 bits per heavy atom. The molecule has 0 bridgehead atoms. The van der Waals surface area contributed by atoms with Gasteiger partial charge < -0.3 is 10.4 Å². The number of amides is 3. The molecule has 2 N–H and O–H groups in total. The molecule has 1 fully saturated rings. The average Bonchev–Trinajstić information content (AvgIpc) is 2.16. The summed E-state index contributed by atoms with van der Waals surface area (Å²) in [5.41, 5.74) is 0. The third-order valence-corrected chi connectivity index (χ3v) is 1.67. The zero-order valence-electron chi connectivity index (χ0n) is 7.07. The number of aliphatic hydroxyl groups is 1. The van der Waals surface area contributed by atoms with Gasteiger partial charge in [0.25, 0.3) is 5.91 Å². The maximum atomic E-state index is 11.2. The van der Waals surface area contributed by atoms with Crippen LogP contribution in [0.1, 0.15) is 13.8 Å². The smallest absolute Gasteiger partial charge is 0.324 e. The van der Waals surface area contributed by atoms with Crippen LogP contribution in [0.3, 0.4) is 0 Å². The number of carbonyl (C=O) groups is 2. The SMILES string of the molecule is CC1NC(=O)N(C[C@@H](C)O)C1=O. The van der Waals surface area contributed by atoms with E-state index >= 15 is 0 Å². The van der Waals surface area contributed by atoms with E-state index in [4.69, 9.17) is 5.11 Å². The molecular formula is C7H12N2O3. The zero-order chi connectivity index (χ0) is 9.30. The van der Waals surface area contributed by atoms with E-state index in [1.54, 1.807) is 6.92 Å². The molecule has 1 aliphatic rings. The summed E-state index contributed by atoms with van der Waals surface area (Å²) in [6.45, 7) is 3.21. The van der Waals surface area contributed by atoms with E-state index in [1.165, 1.54) is 6.92 Å². The van der Waals surface area contributed by atoms with Crippen LogP contribution in [-0.4, -0.2) is 40.6 Å². The van der Waals surface area contributed by atoms with Crippen molar-refractivity contribution in [2.24, 2.45) is 0 Å². The summed E-state index contributed by atoms with van der Waals surface area (Å²) in [7, 11) is 0. The van der Waals surface area contributed by atoms with Crippen molar-refractivity contribution in [3.05, 3.63) is 0 Å². The van der Waals surface area contributed by atoms with Crippen LogP contribution in [0.2, 0.25) is 0 Å². The second-order valence-electron chi connectivity index (χ2n) is 2.97. The Morgan fingerprint density at radius 2 is 2.25 bits per heavy atom. The first-order chi connectivity index (χ1) is 5.52. The van der Waals surface area contributed by atoms with E-state index in [9.17, 15) is 9.59 Å². The highest BCUT2D eigenvalue weighted by Gasteiger charge is 2.35. The number of β-amino-alcohol motifs (C(OH)–C–C–N with tert-alkyl or cyclic N) is 1. The van der Waals surface area contributed by atoms with E-state index in [2.05, 4.69) is 5.32 Å². The Morgan fingerprint density at radius 3 is 2.58 bits per heavy atom. The summed E-state index contributed by atoms with van der Waals surface area (Å²) >= 11 is 0. The molecule has 2 atom stereocenters. The number of nitrogens with one attached hydrogen (secondary N) is 1. The van der Waals surface area contributed by atoms with Crippen LogP contribution in [0.15, 0.2) is 0 Å². The minimum Gasteiger partial charge on any atom is -0.392 e. The fourth-order valence-corrected chi connectivity index (χ4v) is 1.10. The van der Waals surface area contributed by atoms with E-state index in [-0.39, 0.29) is 12.5 Å². The van der Waals surface area contributed by atoms with Crippen LogP contribution in [0, 0.1) is 0 Å². The molecule has 1 saturated heterocycles. The summed E-state index contributed by atoms with van der Waals surface area (Å²) in [6, 6.07) is -0.885. The number of hydrogen-bond donors (Lipinski definition) is 2. The normalized spacial score (nSPS) is 25.9. The number of imide groups is 1. The van der Waals surface area contributed by atoms with Crippen LogP contribution < -0.4 is 5.32 Å². The van der Waals surface area contributed by atoms with Crippen molar-refractivity contribution >= 4 is 11.9 Å². The molecule has 0 aromatic rings. The van der Waals surface area contributed by atoms with Crippen LogP contribution in [-0.2, 0) is 4.79 Å². The molecule has 12 heavy (non-hydrogen) atoms. The Labute approximate surface area is 70.4 Å². The maximum absolute atomic E-state index is 11.2. The lowest BCUT2D eigenvalue weighted by Gasteiger charge is -2.13. The molecule has 5 heteroatoms. The molecular weight excluding hydrogens is 160 g/mol. The highest BCUT2D eigenvalue weighted by atomic mass is 16.3. The van der Waals surface area contributed by atoms with Crippen molar-refractivity contribution in [2.75, 3.05) is 6.54 Å². The summed E-state index contributed by atoms with van der Waals surface area (Å²) in [5, 5.41) is 11.4. The largest absolute Gasteiger partial charge is 0.392 e. The van der Waals surface area contributed by atoms with Gasteiger partial charge in [-0.3, -0.25) is 9.69 Å². The van der Waals surface area contributed by atoms with Crippen LogP contribution in [0.5, 0.6) is 0 Å². The Balaban J connectivity index is 2.64. The average molecular weight is 172 g/mol. The van der Waals surface area contributed by atoms with Gasteiger partial charge in [0.15, 0.2) is 0 Å². The van der Waals surface area contributed by atoms with E-state index < -0.39 is 18.2 Å². The Hall–Kier alpha value is -1.10. The van der Waals surface area contributed by atoms with E-state index in [0.29, 0.717) is 0 Å². The van der Waals surface area contributed by atoms with Gasteiger partial charge in [0.05, 0.1) is 12.6 Å². The van der Waals surface area contributed by atoms with Gasteiger partial charge in [0.1, 0.15) is 6.04 Å². The van der Waals surface area contributed by atoms with Gasteiger partial charge in [-0.2, -0.15) is 0 Å². The van der Waals surface area contributed by atoms with Gasteiger partial charge in [-0.25, -0.2) is 4.79 Å². The molecule has 1 rings (SSSR count). The van der Waals surface area contributed by atoms with E-state index in [1.807, 2.05) is 0 Å². The lowest BCUT2D eigenvalue weighted by Crippen LogP contribution is -2.36. The lowest BCUT2D eigenvalue weighted by atomic mass is 10.3. The van der Waals surface area contributed by atoms with Crippen LogP contribution in [0.25, 0.3) is 0 Å². The first-order valence-corrected chi connectivity index (χ1v) is 3.82. The minimum absolute atomic E-state index is 0.0645. The first kappa shape index (κ1) is 8.99. The molecule has 0 spiro atoms. The third kappa shape index (κ3) is 1.55. The van der Waals surface area contributed by atoms with Gasteiger partial charge in [-0.15, -0.1) is 0 Å². The molecule has 68 valence electrons. The molecule has 1 aliphatic heterocycles. The standard InChI is InChI=1S/C7H12N2O3/c1-4(10)3-9-6(11)5(2)8-7(9)12/h4-5,10H,3H2,1-2H3,(H,8,12)/t4-,5?/m1/s1. The van der Waals surface area contributed by atoms with Crippen molar-refractivity contribution in [2.45, 2.75) is 26.0 Å². The van der Waals surface area contributed by atoms with Crippen LogP contribution >= 0.6 is 0 Å². The predicted octanol–water partition coefficient (Wildman–Crippen LogP) is -0.693. The van der Waals surface area contributed by atoms with Gasteiger partial charge in [-0.05, 0) is 13.8 Å². The lowest BCUT2D eigenvalue weighted by molar-refractivity contribution is -0.128. The second kappa shape index (κ2) is 3.10. The molecule has 1 unspecified atom stereocenters. The van der Waals surface area contributed by atoms with Gasteiger partial charge in [-0.1, -0.05) is 0 Å². The van der Waals surface area contributed by atoms with Crippen LogP contribution in [0.4, 0.5) is 4.79 Å². The number of urea groups is 1. The molecule has 0 aromatic carbocycles. The summed E-state index contributed by atoms with van der Waals surface area (Å²) < 4.78 is 0. The predicted molar refractivity (Wildman–Crippen MR) is 41.4 cm³/mol. The number of aliphatic hydroxyl groups excluding tert-OH is 1. The topological polar surface area (TPSA) is 69.6 Å². The molecule has 0 saturated carbocycles. The molecule has 1 heterocycles. The number of hydrogen-bond acceptors (Lipinski definition) is 3. The van der Waals surface area contributed by atoms with Crippen molar-refractivity contribution < 1.29 is 14.7 Å². The molecule has 5 nitrogen and oxygen atoms in total. The fraction of sp³-hybridized carbons (Fsp3) is 0.714. The number of nitrogens with zero attached hydrogens (tertiary/aromatic N) is 1. The summed E-state index contributed by atoms with van der Waals surface area (Å²) in [5.74, 6) is -0.277. The Bertz CT molecular complexity index is 215. The van der Waals surface area contributed by atoms with Crippen molar-refractivity contribution in [3.8, 4) is 0 Å². The second-order valence-corrected chi connectivity index (χ2v) is 2.97. The molecule has 0 aliphatic carbocycles. The van der Waals surface area contributed by atoms with Crippen molar-refractivity contribution in [3.63, 3.8) is 0 Å². The van der Waals surface area contributed by atoms with Crippen molar-refractivity contribution in [1.82, 2.24) is 10.2 Å². The third-order valence-electron chi connectivity index (χ3n) is 1.67. The van der Waals surface area contributed by atoms with Crippen molar-refractivity contribution in [1.29, 1.82) is 0 Å². The minimum atomic E-state index is -0.676. The van der Waals surface area contributed by atoms with Gasteiger partial charge >= 0.3 is 6.03 Å². The zero-order valence-corrected chi connectivity index (χ0v) is 7.07. The summed E-state index contributed by atoms with van der Waals surface area (Å²) in [6.07, 6.45) is -0.676. The number of rotatable bonds is 2. The fourth-order valence-electron chi connectivity index (χ4n) is 1.10. The molecule has 0 aromatic heterocycles. The maximum Gasteiger partial charge on any atom is 0.324 e. The first-order valence-electron chi connectivity index (χ1n) is 3.82.